The highest BCUT2D eigenvalue weighted by molar-refractivity contribution is 5.85. The van der Waals surface area contributed by atoms with Gasteiger partial charge in [-0.2, -0.15) is 4.39 Å². The summed E-state index contributed by atoms with van der Waals surface area (Å²) in [4.78, 5) is 10.7. The summed E-state index contributed by atoms with van der Waals surface area (Å²) >= 11 is 0. The highest BCUT2D eigenvalue weighted by Crippen LogP contribution is 2.30. The van der Waals surface area contributed by atoms with Crippen LogP contribution in [0.25, 0.3) is 0 Å². The van der Waals surface area contributed by atoms with Crippen molar-refractivity contribution in [2.45, 2.75) is 20.0 Å². The zero-order chi connectivity index (χ0) is 17.1. The molecule has 0 heterocycles. The molecular weight excluding hydrogens is 349 g/mol. The molecule has 1 atom stereocenters. The highest BCUT2D eigenvalue weighted by atomic mass is 35.5. The van der Waals surface area contributed by atoms with Gasteiger partial charge < -0.3 is 14.6 Å². The SMILES string of the molecule is Cc1c(F)cc(Oc2ccc(OC(C)C(=O)O)cc2)c(F)c1F.Cl. The van der Waals surface area contributed by atoms with Gasteiger partial charge in [-0.05, 0) is 38.1 Å². The summed E-state index contributed by atoms with van der Waals surface area (Å²) in [6.45, 7) is 2.48. The predicted octanol–water partition coefficient (Wildman–Crippen LogP) is 4.48. The Balaban J connectivity index is 0.00000288. The number of hydrogen-bond donors (Lipinski definition) is 1. The second-order valence-electron chi connectivity index (χ2n) is 4.78. The molecule has 0 saturated heterocycles. The van der Waals surface area contributed by atoms with Crippen molar-refractivity contribution in [3.63, 3.8) is 0 Å². The second-order valence-corrected chi connectivity index (χ2v) is 4.78. The third-order valence-electron chi connectivity index (χ3n) is 3.07. The Morgan fingerprint density at radius 3 is 2.17 bits per heavy atom. The number of hydrogen-bond acceptors (Lipinski definition) is 3. The van der Waals surface area contributed by atoms with E-state index in [4.69, 9.17) is 14.6 Å². The molecule has 0 amide bonds. The minimum Gasteiger partial charge on any atom is -0.479 e. The topological polar surface area (TPSA) is 55.8 Å². The van der Waals surface area contributed by atoms with E-state index in [0.29, 0.717) is 0 Å². The van der Waals surface area contributed by atoms with E-state index in [9.17, 15) is 18.0 Å². The van der Waals surface area contributed by atoms with Crippen LogP contribution in [0.5, 0.6) is 17.2 Å². The summed E-state index contributed by atoms with van der Waals surface area (Å²) in [7, 11) is 0. The molecule has 2 rings (SSSR count). The molecule has 1 unspecified atom stereocenters. The lowest BCUT2D eigenvalue weighted by atomic mass is 10.2. The van der Waals surface area contributed by atoms with Crippen molar-refractivity contribution in [1.29, 1.82) is 0 Å². The lowest BCUT2D eigenvalue weighted by Crippen LogP contribution is -2.22. The minimum absolute atomic E-state index is 0. The Kier molecular flexibility index (Phi) is 6.48. The number of carboxylic acid groups (broad SMARTS) is 1. The van der Waals surface area contributed by atoms with Crippen molar-refractivity contribution in [1.82, 2.24) is 0 Å². The normalized spacial score (nSPS) is 11.4. The lowest BCUT2D eigenvalue weighted by molar-refractivity contribution is -0.144. The van der Waals surface area contributed by atoms with Gasteiger partial charge in [0.15, 0.2) is 17.7 Å². The van der Waals surface area contributed by atoms with Gasteiger partial charge in [0.25, 0.3) is 0 Å². The Morgan fingerprint density at radius 2 is 1.62 bits per heavy atom. The van der Waals surface area contributed by atoms with Crippen LogP contribution in [0.2, 0.25) is 0 Å². The monoisotopic (exact) mass is 362 g/mol. The zero-order valence-electron chi connectivity index (χ0n) is 12.7. The van der Waals surface area contributed by atoms with Crippen LogP contribution in [-0.2, 0) is 4.79 Å². The van der Waals surface area contributed by atoms with Crippen molar-refractivity contribution in [2.75, 3.05) is 0 Å². The van der Waals surface area contributed by atoms with E-state index < -0.39 is 40.8 Å². The Hall–Kier alpha value is -2.41. The van der Waals surface area contributed by atoms with Gasteiger partial charge in [-0.1, -0.05) is 0 Å². The quantitative estimate of drug-likeness (QED) is 0.797. The summed E-state index contributed by atoms with van der Waals surface area (Å²) in [6.07, 6.45) is -1.04. The van der Waals surface area contributed by atoms with Gasteiger partial charge in [-0.25, -0.2) is 13.6 Å². The van der Waals surface area contributed by atoms with E-state index in [1.165, 1.54) is 31.2 Å². The van der Waals surface area contributed by atoms with Gasteiger partial charge in [0.05, 0.1) is 0 Å². The fraction of sp³-hybridized carbons (Fsp3) is 0.188. The molecule has 8 heteroatoms. The first-order valence-electron chi connectivity index (χ1n) is 6.61. The third-order valence-corrected chi connectivity index (χ3v) is 3.07. The molecule has 0 saturated carbocycles. The molecule has 2 aromatic carbocycles. The Labute approximate surface area is 142 Å². The summed E-state index contributed by atoms with van der Waals surface area (Å²) in [5.41, 5.74) is -0.429. The van der Waals surface area contributed by atoms with E-state index in [0.717, 1.165) is 13.0 Å². The van der Waals surface area contributed by atoms with Crippen LogP contribution in [-0.4, -0.2) is 17.2 Å². The van der Waals surface area contributed by atoms with Gasteiger partial charge in [0, 0.05) is 11.6 Å². The van der Waals surface area contributed by atoms with Crippen LogP contribution in [0.1, 0.15) is 12.5 Å². The average molecular weight is 363 g/mol. The molecule has 130 valence electrons. The van der Waals surface area contributed by atoms with Crippen LogP contribution < -0.4 is 9.47 Å². The standard InChI is InChI=1S/C16H13F3O4.ClH/c1-8-12(17)7-13(15(19)14(8)18)23-11-5-3-10(4-6-11)22-9(2)16(20)21;/h3-7,9H,1-2H3,(H,20,21);1H. The third kappa shape index (κ3) is 4.32. The molecule has 0 aliphatic carbocycles. The molecule has 1 N–H and O–H groups in total. The first-order chi connectivity index (χ1) is 10.8. The van der Waals surface area contributed by atoms with E-state index in [2.05, 4.69) is 0 Å². The molecule has 0 aliphatic heterocycles. The number of halogens is 4. The van der Waals surface area contributed by atoms with Gasteiger partial charge in [-0.3, -0.25) is 0 Å². The molecule has 0 fully saturated rings. The van der Waals surface area contributed by atoms with Crippen molar-refractivity contribution >= 4 is 18.4 Å². The van der Waals surface area contributed by atoms with E-state index >= 15 is 0 Å². The van der Waals surface area contributed by atoms with Crippen LogP contribution in [0.3, 0.4) is 0 Å². The number of aliphatic carboxylic acids is 1. The molecule has 0 aliphatic rings. The summed E-state index contributed by atoms with van der Waals surface area (Å²) in [5, 5.41) is 8.74. The molecule has 0 bridgehead atoms. The van der Waals surface area contributed by atoms with Crippen LogP contribution >= 0.6 is 12.4 Å². The lowest BCUT2D eigenvalue weighted by Gasteiger charge is -2.12. The first kappa shape index (κ1) is 19.6. The Bertz CT molecular complexity index is 735. The largest absolute Gasteiger partial charge is 0.479 e. The molecular formula is C16H14ClF3O4. The fourth-order valence-electron chi connectivity index (χ4n) is 1.71. The van der Waals surface area contributed by atoms with E-state index in [1.54, 1.807) is 0 Å². The predicted molar refractivity (Wildman–Crippen MR) is 82.5 cm³/mol. The van der Waals surface area contributed by atoms with Crippen molar-refractivity contribution < 1.29 is 32.5 Å². The number of ether oxygens (including phenoxy) is 2. The van der Waals surface area contributed by atoms with Gasteiger partial charge in [0.2, 0.25) is 5.82 Å². The maximum absolute atomic E-state index is 13.7. The maximum Gasteiger partial charge on any atom is 0.344 e. The van der Waals surface area contributed by atoms with Crippen LogP contribution in [0, 0.1) is 24.4 Å². The minimum atomic E-state index is -1.31. The number of carbonyl (C=O) groups is 1. The highest BCUT2D eigenvalue weighted by Gasteiger charge is 2.18. The number of benzene rings is 2. The summed E-state index contributed by atoms with van der Waals surface area (Å²) in [5.74, 6) is -4.86. The van der Waals surface area contributed by atoms with E-state index in [-0.39, 0.29) is 23.9 Å². The summed E-state index contributed by atoms with van der Waals surface area (Å²) in [6, 6.07) is 6.27. The molecule has 0 spiro atoms. The summed E-state index contributed by atoms with van der Waals surface area (Å²) < 4.78 is 50.8. The molecule has 24 heavy (non-hydrogen) atoms. The average Bonchev–Trinajstić information content (AvgIpc) is 2.52. The van der Waals surface area contributed by atoms with Crippen LogP contribution in [0.4, 0.5) is 13.2 Å². The van der Waals surface area contributed by atoms with Crippen molar-refractivity contribution in [3.8, 4) is 17.2 Å². The maximum atomic E-state index is 13.7. The Morgan fingerprint density at radius 1 is 1.08 bits per heavy atom. The number of carboxylic acids is 1. The fourth-order valence-corrected chi connectivity index (χ4v) is 1.71. The van der Waals surface area contributed by atoms with Crippen molar-refractivity contribution in [2.24, 2.45) is 0 Å². The molecule has 0 aromatic heterocycles. The number of rotatable bonds is 5. The molecule has 4 nitrogen and oxygen atoms in total. The zero-order valence-corrected chi connectivity index (χ0v) is 13.5. The van der Waals surface area contributed by atoms with Crippen LogP contribution in [0.15, 0.2) is 30.3 Å². The molecule has 0 radical (unpaired) electrons. The first-order valence-corrected chi connectivity index (χ1v) is 6.61. The van der Waals surface area contributed by atoms with Crippen molar-refractivity contribution in [3.05, 3.63) is 53.3 Å². The van der Waals surface area contributed by atoms with Gasteiger partial charge >= 0.3 is 5.97 Å². The second kappa shape index (κ2) is 7.92. The molecule has 2 aromatic rings. The smallest absolute Gasteiger partial charge is 0.344 e. The van der Waals surface area contributed by atoms with E-state index in [1.807, 2.05) is 0 Å². The van der Waals surface area contributed by atoms with Gasteiger partial charge in [-0.15, -0.1) is 12.4 Å². The van der Waals surface area contributed by atoms with Gasteiger partial charge in [0.1, 0.15) is 17.3 Å².